The van der Waals surface area contributed by atoms with Gasteiger partial charge in [0.15, 0.2) is 0 Å². The number of hydrogen-bond acceptors (Lipinski definition) is 5. The van der Waals surface area contributed by atoms with Crippen LogP contribution in [0.1, 0.15) is 38.7 Å². The Kier molecular flexibility index (Phi) is 6.10. The number of esters is 1. The lowest BCUT2D eigenvalue weighted by molar-refractivity contribution is -0.151. The van der Waals surface area contributed by atoms with Crippen LogP contribution in [0.4, 0.5) is 0 Å². The van der Waals surface area contributed by atoms with Gasteiger partial charge in [-0.1, -0.05) is 30.3 Å². The molecule has 1 aromatic carbocycles. The van der Waals surface area contributed by atoms with E-state index in [9.17, 15) is 4.79 Å². The van der Waals surface area contributed by atoms with Crippen LogP contribution in [-0.4, -0.2) is 54.9 Å². The first-order chi connectivity index (χ1) is 12.1. The van der Waals surface area contributed by atoms with Crippen molar-refractivity contribution in [2.75, 3.05) is 26.3 Å². The van der Waals surface area contributed by atoms with Crippen molar-refractivity contribution in [1.82, 2.24) is 10.2 Å². The van der Waals surface area contributed by atoms with Gasteiger partial charge in [0, 0.05) is 32.3 Å². The number of carbonyl (C=O) groups is 1. The minimum atomic E-state index is -0.629. The van der Waals surface area contributed by atoms with E-state index in [2.05, 4.69) is 41.4 Å². The van der Waals surface area contributed by atoms with Gasteiger partial charge in [0.1, 0.15) is 5.54 Å². The topological polar surface area (TPSA) is 50.8 Å². The van der Waals surface area contributed by atoms with E-state index in [-0.39, 0.29) is 12.1 Å². The Bertz CT molecular complexity index is 559. The van der Waals surface area contributed by atoms with Gasteiger partial charge >= 0.3 is 5.97 Å². The molecule has 138 valence electrons. The fraction of sp³-hybridized carbons (Fsp3) is 0.650. The fourth-order valence-corrected chi connectivity index (χ4v) is 3.96. The lowest BCUT2D eigenvalue weighted by atomic mass is 9.96. The maximum absolute atomic E-state index is 12.8. The van der Waals surface area contributed by atoms with E-state index in [1.165, 1.54) is 5.56 Å². The van der Waals surface area contributed by atoms with Gasteiger partial charge in [-0.3, -0.25) is 10.2 Å². The van der Waals surface area contributed by atoms with Gasteiger partial charge in [-0.2, -0.15) is 0 Å². The van der Waals surface area contributed by atoms with Gasteiger partial charge in [0.25, 0.3) is 0 Å². The fourth-order valence-electron chi connectivity index (χ4n) is 3.96. The van der Waals surface area contributed by atoms with E-state index >= 15 is 0 Å². The normalized spacial score (nSPS) is 29.8. The molecule has 0 amide bonds. The van der Waals surface area contributed by atoms with Crippen LogP contribution in [-0.2, 0) is 20.8 Å². The molecule has 0 aromatic heterocycles. The van der Waals surface area contributed by atoms with Crippen molar-refractivity contribution >= 4 is 5.97 Å². The lowest BCUT2D eigenvalue weighted by Gasteiger charge is -2.29. The maximum Gasteiger partial charge on any atom is 0.327 e. The number of nitrogens with zero attached hydrogens (tertiary/aromatic N) is 1. The molecule has 0 radical (unpaired) electrons. The molecule has 3 atom stereocenters. The first-order valence-electron chi connectivity index (χ1n) is 9.45. The van der Waals surface area contributed by atoms with Gasteiger partial charge in [-0.25, -0.2) is 4.79 Å². The average Bonchev–Trinajstić information content (AvgIpc) is 3.23. The second kappa shape index (κ2) is 8.30. The predicted molar refractivity (Wildman–Crippen MR) is 97.3 cm³/mol. The summed E-state index contributed by atoms with van der Waals surface area (Å²) >= 11 is 0. The van der Waals surface area contributed by atoms with Crippen molar-refractivity contribution in [3.63, 3.8) is 0 Å². The number of nitrogens with one attached hydrogen (secondary N) is 1. The zero-order valence-corrected chi connectivity index (χ0v) is 15.4. The second-order valence-corrected chi connectivity index (χ2v) is 7.26. The van der Waals surface area contributed by atoms with E-state index in [0.717, 1.165) is 32.4 Å². The van der Waals surface area contributed by atoms with Crippen molar-refractivity contribution in [3.05, 3.63) is 35.9 Å². The predicted octanol–water partition coefficient (Wildman–Crippen LogP) is 2.35. The van der Waals surface area contributed by atoms with E-state index < -0.39 is 5.54 Å². The van der Waals surface area contributed by atoms with Crippen LogP contribution in [0.3, 0.4) is 0 Å². The molecule has 3 unspecified atom stereocenters. The molecule has 2 aliphatic heterocycles. The molecule has 3 rings (SSSR count). The highest BCUT2D eigenvalue weighted by atomic mass is 16.5. The quantitative estimate of drug-likeness (QED) is 0.768. The van der Waals surface area contributed by atoms with Crippen molar-refractivity contribution in [2.24, 2.45) is 0 Å². The van der Waals surface area contributed by atoms with E-state index in [1.54, 1.807) is 0 Å². The molecule has 0 saturated carbocycles. The van der Waals surface area contributed by atoms with Gasteiger partial charge in [0.2, 0.25) is 0 Å². The minimum absolute atomic E-state index is 0.129. The lowest BCUT2D eigenvalue weighted by Crippen LogP contribution is -2.56. The number of ether oxygens (including phenoxy) is 2. The van der Waals surface area contributed by atoms with Gasteiger partial charge in [-0.05, 0) is 38.7 Å². The first-order valence-corrected chi connectivity index (χ1v) is 9.45. The molecule has 0 aliphatic carbocycles. The molecule has 2 saturated heterocycles. The highest BCUT2D eigenvalue weighted by Gasteiger charge is 2.49. The molecular weight excluding hydrogens is 316 g/mol. The first kappa shape index (κ1) is 18.4. The zero-order chi connectivity index (χ0) is 17.7. The molecule has 5 nitrogen and oxygen atoms in total. The van der Waals surface area contributed by atoms with Crippen LogP contribution >= 0.6 is 0 Å². The van der Waals surface area contributed by atoms with Crippen molar-refractivity contribution in [3.8, 4) is 0 Å². The van der Waals surface area contributed by atoms with Gasteiger partial charge in [-0.15, -0.1) is 0 Å². The molecule has 1 N–H and O–H groups in total. The van der Waals surface area contributed by atoms with E-state index in [1.807, 2.05) is 13.0 Å². The Balaban J connectivity index is 1.69. The SMILES string of the molecule is CCOC(=O)C1(NCC2CCCO2)CC(C)N(Cc2ccccc2)C1. The van der Waals surface area contributed by atoms with E-state index in [0.29, 0.717) is 25.7 Å². The van der Waals surface area contributed by atoms with E-state index in [4.69, 9.17) is 9.47 Å². The van der Waals surface area contributed by atoms with Crippen LogP contribution in [0.5, 0.6) is 0 Å². The highest BCUT2D eigenvalue weighted by molar-refractivity contribution is 5.82. The maximum atomic E-state index is 12.8. The second-order valence-electron chi connectivity index (χ2n) is 7.26. The zero-order valence-electron chi connectivity index (χ0n) is 15.4. The van der Waals surface area contributed by atoms with Crippen LogP contribution < -0.4 is 5.32 Å². The Morgan fingerprint density at radius 1 is 1.40 bits per heavy atom. The largest absolute Gasteiger partial charge is 0.465 e. The number of benzene rings is 1. The Morgan fingerprint density at radius 3 is 2.88 bits per heavy atom. The standard InChI is InChI=1S/C20H30N2O3/c1-3-24-19(23)20(21-13-18-10-7-11-25-18)12-16(2)22(15-20)14-17-8-5-4-6-9-17/h4-6,8-9,16,18,21H,3,7,10-15H2,1-2H3. The van der Waals surface area contributed by atoms with Crippen molar-refractivity contribution < 1.29 is 14.3 Å². The molecule has 5 heteroatoms. The number of carbonyl (C=O) groups excluding carboxylic acids is 1. The molecular formula is C20H30N2O3. The summed E-state index contributed by atoms with van der Waals surface area (Å²) < 4.78 is 11.1. The summed E-state index contributed by atoms with van der Waals surface area (Å²) in [6.07, 6.45) is 3.15. The Labute approximate surface area is 150 Å². The van der Waals surface area contributed by atoms with Gasteiger partial charge < -0.3 is 9.47 Å². The summed E-state index contributed by atoms with van der Waals surface area (Å²) in [5.41, 5.74) is 0.643. The smallest absolute Gasteiger partial charge is 0.327 e. The van der Waals surface area contributed by atoms with Crippen LogP contribution in [0.25, 0.3) is 0 Å². The Hall–Kier alpha value is -1.43. The highest BCUT2D eigenvalue weighted by Crippen LogP contribution is 2.30. The molecule has 1 aromatic rings. The van der Waals surface area contributed by atoms with Crippen LogP contribution in [0, 0.1) is 0 Å². The number of likely N-dealkylation sites (tertiary alicyclic amines) is 1. The summed E-state index contributed by atoms with van der Waals surface area (Å²) in [5, 5.41) is 3.53. The minimum Gasteiger partial charge on any atom is -0.465 e. The van der Waals surface area contributed by atoms with Crippen LogP contribution in [0.15, 0.2) is 30.3 Å². The molecule has 0 bridgehead atoms. The van der Waals surface area contributed by atoms with Crippen molar-refractivity contribution in [2.45, 2.75) is 57.3 Å². The summed E-state index contributed by atoms with van der Waals surface area (Å²) in [6.45, 7) is 7.54. The van der Waals surface area contributed by atoms with Crippen molar-refractivity contribution in [1.29, 1.82) is 0 Å². The summed E-state index contributed by atoms with van der Waals surface area (Å²) in [6, 6.07) is 10.7. The Morgan fingerprint density at radius 2 is 2.20 bits per heavy atom. The summed E-state index contributed by atoms with van der Waals surface area (Å²) in [5.74, 6) is -0.129. The molecule has 0 spiro atoms. The van der Waals surface area contributed by atoms with Gasteiger partial charge in [0.05, 0.1) is 12.7 Å². The molecule has 2 fully saturated rings. The average molecular weight is 346 g/mol. The number of rotatable bonds is 7. The monoisotopic (exact) mass is 346 g/mol. The third-order valence-corrected chi connectivity index (χ3v) is 5.33. The summed E-state index contributed by atoms with van der Waals surface area (Å²) in [7, 11) is 0. The third kappa shape index (κ3) is 4.40. The van der Waals surface area contributed by atoms with Crippen LogP contribution in [0.2, 0.25) is 0 Å². The number of hydrogen-bond donors (Lipinski definition) is 1. The molecule has 25 heavy (non-hydrogen) atoms. The summed E-state index contributed by atoms with van der Waals surface area (Å²) in [4.78, 5) is 15.1. The molecule has 2 aliphatic rings. The molecule has 2 heterocycles. The third-order valence-electron chi connectivity index (χ3n) is 5.33.